The Morgan fingerprint density at radius 1 is 0.692 bits per heavy atom. The quantitative estimate of drug-likeness (QED) is 0.0302. The van der Waals surface area contributed by atoms with Gasteiger partial charge >= 0.3 is 5.97 Å². The zero-order valence-corrected chi connectivity index (χ0v) is 61.1. The summed E-state index contributed by atoms with van der Waals surface area (Å²) in [6.07, 6.45) is 0.820. The molecule has 5 aromatic carbocycles. The van der Waals surface area contributed by atoms with E-state index in [1.54, 1.807) is 44.2 Å². The number of fused-ring (bicyclic) bond motifs is 6. The van der Waals surface area contributed by atoms with E-state index in [-0.39, 0.29) is 109 Å². The van der Waals surface area contributed by atoms with Crippen molar-refractivity contribution in [3.05, 3.63) is 142 Å². The molecule has 0 radical (unpaired) electrons. The first-order chi connectivity index (χ1) is 51.0. The lowest BCUT2D eigenvalue weighted by Gasteiger charge is -2.38. The molecule has 3 fully saturated rings. The van der Waals surface area contributed by atoms with Gasteiger partial charge in [0.2, 0.25) is 59.1 Å². The molecule has 10 atom stereocenters. The standard InChI is InChI=1S/C75H89N11O19S2/c1-5-39(2)62-70(100)84-63(40(3)87)71(101)81-54(36-60(76)92)67(97)82-55(38-106-107-74(27-7-6-8-28-74)37-61(93)85(4)57(69(99)83-62)32-42-15-20-45(89)21-16-42)72(102)86-30-10-12-56(86)68(98)79-52(66(96)80-53(64(77)94)31-41-13-18-44(88)19-14-41)11-9-29-78-65(95)43-17-24-49-48(33-43)73(103)105-75(49)50-25-22-46(90)34-58(50)104-59-35-47(91)23-26-51(59)75/h13-26,33-35,39-40,52-57,62-63,87-91H,5-12,27-32,36-38H2,1-4H3,(H2,76,92)(H2,77,94)(H,78,95)(H,79,98)(H,80,96)(H,81,101)(H,82,97)(H,83,99)(H,84,100)/t39-,40+,52-,53-,54-,55-,56-,57-,62-,63-/m0/s1. The Morgan fingerprint density at radius 2 is 1.30 bits per heavy atom. The molecule has 1 saturated carbocycles. The third-order valence-corrected chi connectivity index (χ3v) is 23.6. The number of aliphatic hydroxyl groups excluding tert-OH is 1. The average Bonchev–Trinajstić information content (AvgIpc) is 1.60. The van der Waals surface area contributed by atoms with Crippen LogP contribution in [0, 0.1) is 5.92 Å². The highest BCUT2D eigenvalue weighted by atomic mass is 33.1. The third-order valence-electron chi connectivity index (χ3n) is 20.2. The first-order valence-electron chi connectivity index (χ1n) is 35.5. The predicted molar refractivity (Wildman–Crippen MR) is 391 cm³/mol. The number of nitrogens with one attached hydrogen (secondary N) is 7. The summed E-state index contributed by atoms with van der Waals surface area (Å²) in [7, 11) is 3.92. The topological polar surface area (TPSA) is 467 Å². The summed E-state index contributed by atoms with van der Waals surface area (Å²) in [5.74, 6) is -11.3. The number of amides is 11. The van der Waals surface area contributed by atoms with E-state index >= 15 is 4.79 Å². The maximum Gasteiger partial charge on any atom is 0.340 e. The number of carbonyl (C=O) groups is 12. The number of aliphatic hydroxyl groups is 1. The largest absolute Gasteiger partial charge is 0.508 e. The van der Waals surface area contributed by atoms with Crippen molar-refractivity contribution in [2.45, 2.75) is 175 Å². The molecule has 2 spiro atoms. The summed E-state index contributed by atoms with van der Waals surface area (Å²) < 4.78 is 11.4. The van der Waals surface area contributed by atoms with Crippen molar-refractivity contribution in [3.63, 3.8) is 0 Å². The fourth-order valence-corrected chi connectivity index (χ4v) is 17.5. The second kappa shape index (κ2) is 34.3. The number of carbonyl (C=O) groups excluding carboxylic acids is 12. The van der Waals surface area contributed by atoms with Gasteiger partial charge in [0.25, 0.3) is 5.91 Å². The third kappa shape index (κ3) is 18.4. The molecule has 16 N–H and O–H groups in total. The molecule has 5 aliphatic rings. The first-order valence-corrected chi connectivity index (χ1v) is 37.8. The van der Waals surface area contributed by atoms with E-state index in [0.29, 0.717) is 59.9 Å². The lowest BCUT2D eigenvalue weighted by molar-refractivity contribution is -0.142. The fraction of sp³-hybridized carbons (Fsp3) is 0.440. The lowest BCUT2D eigenvalue weighted by Crippen LogP contribution is -2.63. The highest BCUT2D eigenvalue weighted by Gasteiger charge is 2.54. The Kier molecular flexibility index (Phi) is 25.3. The second-order valence-electron chi connectivity index (χ2n) is 27.8. The van der Waals surface area contributed by atoms with Gasteiger partial charge in [-0.2, -0.15) is 0 Å². The number of phenolic OH excluding ortho intramolecular Hbond substituents is 4. The average molecular weight is 1510 g/mol. The monoisotopic (exact) mass is 1510 g/mol. The summed E-state index contributed by atoms with van der Waals surface area (Å²) in [4.78, 5) is 175. The van der Waals surface area contributed by atoms with Gasteiger partial charge in [-0.1, -0.05) is 91.5 Å². The lowest BCUT2D eigenvalue weighted by atomic mass is 9.77. The number of likely N-dealkylation sites (tertiary alicyclic amines) is 1. The van der Waals surface area contributed by atoms with Crippen LogP contribution in [0.1, 0.15) is 146 Å². The SMILES string of the molecule is CC[C@H](C)[C@@H]1NC(=O)[C@H](Cc2ccc(O)cc2)N(C)C(=O)CC2(CCCCC2)SSC[C@@H](C(=O)N2CCC[C@H]2C(=O)N[C@@H](CCCNC(=O)c2ccc3c(c2)C(=O)OC32c3ccc(O)cc3Oc3cc(O)ccc32)C(=O)N[C@@H](Cc2ccc(O)cc2)C(N)=O)NC(=O)[C@H](CC(N)=O)NC(=O)[C@H]([C@@H](C)O)NC1=O. The Bertz CT molecular complexity index is 4180. The number of primary amides is 2. The number of likely N-dealkylation sites (N-methyl/N-ethyl adjacent to an activating group) is 1. The van der Waals surface area contributed by atoms with Crippen LogP contribution in [0.25, 0.3) is 0 Å². The van der Waals surface area contributed by atoms with Gasteiger partial charge < -0.3 is 93.5 Å². The van der Waals surface area contributed by atoms with Crippen molar-refractivity contribution in [3.8, 4) is 34.5 Å². The number of phenols is 4. The number of nitrogens with two attached hydrogens (primary N) is 2. The number of benzene rings is 5. The van der Waals surface area contributed by atoms with Gasteiger partial charge in [-0.3, -0.25) is 52.7 Å². The Hall–Kier alpha value is -10.6. The van der Waals surface area contributed by atoms with E-state index in [1.165, 1.54) is 107 Å². The number of hydrogen-bond acceptors (Lipinski definition) is 21. The first kappa shape index (κ1) is 79.0. The number of ether oxygens (including phenoxy) is 2. The highest BCUT2D eigenvalue weighted by Crippen LogP contribution is 2.57. The number of nitrogens with zero attached hydrogens (tertiary/aromatic N) is 2. The molecule has 5 aromatic rings. The van der Waals surface area contributed by atoms with Crippen molar-refractivity contribution in [1.29, 1.82) is 0 Å². The smallest absolute Gasteiger partial charge is 0.340 e. The summed E-state index contributed by atoms with van der Waals surface area (Å²) in [5.41, 5.74) is 12.1. The molecule has 32 heteroatoms. The molecule has 107 heavy (non-hydrogen) atoms. The van der Waals surface area contributed by atoms with Crippen LogP contribution >= 0.6 is 21.6 Å². The van der Waals surface area contributed by atoms with E-state index in [0.717, 1.165) is 17.2 Å². The van der Waals surface area contributed by atoms with Crippen LogP contribution in [0.15, 0.2) is 103 Å². The molecule has 10 rings (SSSR count). The van der Waals surface area contributed by atoms with Crippen molar-refractivity contribution in [2.75, 3.05) is 25.9 Å². The fourth-order valence-electron chi connectivity index (χ4n) is 14.1. The van der Waals surface area contributed by atoms with Crippen LogP contribution in [-0.2, 0) is 71.1 Å². The minimum atomic E-state index is -1.84. The predicted octanol–water partition coefficient (Wildman–Crippen LogP) is 3.07. The molecular weight excluding hydrogens is 1420 g/mol. The number of aromatic hydroxyl groups is 4. The van der Waals surface area contributed by atoms with E-state index in [1.807, 2.05) is 0 Å². The maximum absolute atomic E-state index is 15.4. The van der Waals surface area contributed by atoms with Gasteiger partial charge in [-0.25, -0.2) is 4.79 Å². The molecule has 30 nitrogen and oxygen atoms in total. The number of esters is 1. The molecule has 4 aliphatic heterocycles. The van der Waals surface area contributed by atoms with E-state index in [9.17, 15) is 78.3 Å². The van der Waals surface area contributed by atoms with Crippen molar-refractivity contribution in [2.24, 2.45) is 17.4 Å². The normalized spacial score (nSPS) is 22.1. The molecule has 570 valence electrons. The Morgan fingerprint density at radius 3 is 1.92 bits per heavy atom. The number of rotatable bonds is 20. The second-order valence-corrected chi connectivity index (χ2v) is 30.7. The molecule has 4 heterocycles. The van der Waals surface area contributed by atoms with Crippen LogP contribution in [0.5, 0.6) is 34.5 Å². The molecule has 1 aliphatic carbocycles. The zero-order valence-electron chi connectivity index (χ0n) is 59.4. The Balaban J connectivity index is 0.908. The molecule has 0 aromatic heterocycles. The summed E-state index contributed by atoms with van der Waals surface area (Å²) in [5, 5.41) is 70.5. The molecule has 0 bridgehead atoms. The summed E-state index contributed by atoms with van der Waals surface area (Å²) >= 11 is 0. The minimum Gasteiger partial charge on any atom is -0.508 e. The van der Waals surface area contributed by atoms with Gasteiger partial charge in [0.15, 0.2) is 5.60 Å². The van der Waals surface area contributed by atoms with Crippen molar-refractivity contribution >= 4 is 92.5 Å². The van der Waals surface area contributed by atoms with Gasteiger partial charge in [0.05, 0.1) is 18.1 Å². The van der Waals surface area contributed by atoms with Crippen molar-refractivity contribution < 1.29 is 92.5 Å². The van der Waals surface area contributed by atoms with E-state index < -0.39 is 148 Å². The van der Waals surface area contributed by atoms with Crippen LogP contribution in [0.2, 0.25) is 0 Å². The van der Waals surface area contributed by atoms with Crippen molar-refractivity contribution in [1.82, 2.24) is 47.0 Å². The van der Waals surface area contributed by atoms with Gasteiger partial charge in [-0.15, -0.1) is 0 Å². The maximum atomic E-state index is 15.4. The minimum absolute atomic E-state index is 0.0199. The van der Waals surface area contributed by atoms with E-state index in [4.69, 9.17) is 20.9 Å². The molecular formula is C75H89N11O19S2. The van der Waals surface area contributed by atoms with Crippen LogP contribution in [0.4, 0.5) is 0 Å². The molecule has 0 unspecified atom stereocenters. The summed E-state index contributed by atoms with van der Waals surface area (Å²) in [6.45, 7) is 4.42. The molecule has 11 amide bonds. The highest BCUT2D eigenvalue weighted by molar-refractivity contribution is 8.77. The van der Waals surface area contributed by atoms with Crippen LogP contribution in [0.3, 0.4) is 0 Å². The van der Waals surface area contributed by atoms with Gasteiger partial charge in [0, 0.05) is 84.3 Å². The van der Waals surface area contributed by atoms with Crippen LogP contribution in [-0.4, -0.2) is 191 Å². The Labute approximate surface area is 624 Å². The van der Waals surface area contributed by atoms with Gasteiger partial charge in [0.1, 0.15) is 82.8 Å². The van der Waals surface area contributed by atoms with Gasteiger partial charge in [-0.05, 0) is 123 Å². The number of hydrogen-bond donors (Lipinski definition) is 14. The zero-order chi connectivity index (χ0) is 77.2. The molecule has 2 saturated heterocycles. The summed E-state index contributed by atoms with van der Waals surface area (Å²) in [6, 6.07) is 12.8. The van der Waals surface area contributed by atoms with Crippen LogP contribution < -0.4 is 53.4 Å². The van der Waals surface area contributed by atoms with E-state index in [2.05, 4.69) is 37.2 Å².